The predicted molar refractivity (Wildman–Crippen MR) is 128 cm³/mol. The molecule has 4 N–H and O–H groups in total. The molecule has 0 aromatic heterocycles. The van der Waals surface area contributed by atoms with Gasteiger partial charge in [0.1, 0.15) is 29.1 Å². The molecule has 0 bridgehead atoms. The summed E-state index contributed by atoms with van der Waals surface area (Å²) in [5.41, 5.74) is -0.237. The molecule has 36 heavy (non-hydrogen) atoms. The summed E-state index contributed by atoms with van der Waals surface area (Å²) in [5.74, 6) is -1.80. The molecule has 0 radical (unpaired) electrons. The van der Waals surface area contributed by atoms with Crippen molar-refractivity contribution in [3.05, 3.63) is 83.4 Å². The number of phenols is 1. The first-order valence-electron chi connectivity index (χ1n) is 11.4. The van der Waals surface area contributed by atoms with Gasteiger partial charge in [0, 0.05) is 18.1 Å². The maximum Gasteiger partial charge on any atom is 0.250 e. The third-order valence-corrected chi connectivity index (χ3v) is 7.24. The van der Waals surface area contributed by atoms with E-state index in [1.807, 2.05) is 18.2 Å². The average molecular weight is 494 g/mol. The number of ether oxygens (including phenoxy) is 3. The molecule has 1 aliphatic heterocycles. The molecule has 3 aromatic rings. The maximum atomic E-state index is 13.4. The number of hydrogen-bond acceptors (Lipinski definition) is 8. The average Bonchev–Trinajstić information content (AvgIpc) is 3.27. The van der Waals surface area contributed by atoms with Crippen LogP contribution in [0.15, 0.2) is 66.7 Å². The molecule has 9 nitrogen and oxygen atoms in total. The number of phenolic OH excluding ortho intramolecular Hbond substituents is 1. The molecule has 1 unspecified atom stereocenters. The summed E-state index contributed by atoms with van der Waals surface area (Å²) in [5, 5.41) is 34.5. The van der Waals surface area contributed by atoms with Crippen LogP contribution in [0.1, 0.15) is 22.6 Å². The molecule has 1 heterocycles. The number of aliphatic hydroxyl groups is 2. The van der Waals surface area contributed by atoms with Gasteiger partial charge >= 0.3 is 0 Å². The summed E-state index contributed by atoms with van der Waals surface area (Å²) in [7, 11) is 4.22. The van der Waals surface area contributed by atoms with Crippen LogP contribution in [0.5, 0.6) is 23.0 Å². The molecular weight excluding hydrogens is 466 g/mol. The summed E-state index contributed by atoms with van der Waals surface area (Å²) in [4.78, 5) is 18.2. The zero-order valence-corrected chi connectivity index (χ0v) is 20.0. The first kappa shape index (κ1) is 23.9. The highest BCUT2D eigenvalue weighted by atomic mass is 16.6. The van der Waals surface area contributed by atoms with Crippen LogP contribution < -0.4 is 19.7 Å². The first-order chi connectivity index (χ1) is 17.3. The van der Waals surface area contributed by atoms with E-state index in [9.17, 15) is 20.1 Å². The van der Waals surface area contributed by atoms with Gasteiger partial charge in [0.15, 0.2) is 11.2 Å². The summed E-state index contributed by atoms with van der Waals surface area (Å²) in [6.07, 6.45) is -1.64. The van der Waals surface area contributed by atoms with Crippen LogP contribution in [0.3, 0.4) is 0 Å². The largest absolute Gasteiger partial charge is 0.508 e. The third kappa shape index (κ3) is 3.10. The number of carbonyl (C=O) groups is 1. The highest BCUT2D eigenvalue weighted by molar-refractivity contribution is 5.82. The van der Waals surface area contributed by atoms with Crippen molar-refractivity contribution in [2.24, 2.45) is 5.92 Å². The molecule has 188 valence electrons. The number of carbonyl (C=O) groups excluding carboxylic acids is 1. The minimum absolute atomic E-state index is 0.0110. The van der Waals surface area contributed by atoms with Gasteiger partial charge in [-0.3, -0.25) is 9.63 Å². The first-order valence-corrected chi connectivity index (χ1v) is 11.4. The highest BCUT2D eigenvalue weighted by Crippen LogP contribution is 2.70. The summed E-state index contributed by atoms with van der Waals surface area (Å²) in [6.45, 7) is 0. The van der Waals surface area contributed by atoms with Gasteiger partial charge in [-0.1, -0.05) is 42.5 Å². The fraction of sp³-hybridized carbons (Fsp3) is 0.296. The van der Waals surface area contributed by atoms with Crippen LogP contribution >= 0.6 is 0 Å². The van der Waals surface area contributed by atoms with Crippen molar-refractivity contribution in [2.45, 2.75) is 23.2 Å². The number of nitrogens with one attached hydrogen (secondary N) is 1. The zero-order valence-electron chi connectivity index (χ0n) is 20.0. The Morgan fingerprint density at radius 1 is 1.00 bits per heavy atom. The molecule has 5 atom stereocenters. The number of benzene rings is 3. The number of amides is 1. The van der Waals surface area contributed by atoms with Gasteiger partial charge in [-0.15, -0.1) is 0 Å². The Kier molecular flexibility index (Phi) is 5.78. The highest BCUT2D eigenvalue weighted by Gasteiger charge is 2.78. The smallest absolute Gasteiger partial charge is 0.250 e. The Labute approximate surface area is 207 Å². The third-order valence-electron chi connectivity index (χ3n) is 7.24. The minimum Gasteiger partial charge on any atom is -0.508 e. The van der Waals surface area contributed by atoms with E-state index in [0.717, 1.165) is 0 Å². The van der Waals surface area contributed by atoms with E-state index in [4.69, 9.17) is 19.0 Å². The summed E-state index contributed by atoms with van der Waals surface area (Å²) >= 11 is 0. The van der Waals surface area contributed by atoms with Gasteiger partial charge in [-0.2, -0.15) is 0 Å². The molecular formula is C27H27NO8. The van der Waals surface area contributed by atoms with Crippen LogP contribution in [-0.2, 0) is 20.8 Å². The zero-order chi connectivity index (χ0) is 25.7. The second-order valence-electron chi connectivity index (χ2n) is 8.88. The minimum atomic E-state index is -2.15. The Balaban J connectivity index is 1.88. The lowest BCUT2D eigenvalue weighted by Crippen LogP contribution is -2.52. The molecule has 0 saturated heterocycles. The van der Waals surface area contributed by atoms with Gasteiger partial charge in [-0.05, 0) is 23.3 Å². The lowest BCUT2D eigenvalue weighted by molar-refractivity contribution is -0.157. The normalized spacial score (nSPS) is 28.1. The second-order valence-corrected chi connectivity index (χ2v) is 8.88. The fourth-order valence-corrected chi connectivity index (χ4v) is 5.83. The van der Waals surface area contributed by atoms with Crippen molar-refractivity contribution in [3.63, 3.8) is 0 Å². The van der Waals surface area contributed by atoms with Gasteiger partial charge in [0.05, 0.1) is 32.8 Å². The lowest BCUT2D eigenvalue weighted by atomic mass is 9.70. The van der Waals surface area contributed by atoms with E-state index >= 15 is 0 Å². The number of methoxy groups -OCH3 is 2. The standard InChI is InChI=1S/C27H27NO8/c1-33-18-13-19(34-2)23-20(14-18)36-27(16-9-11-17(29)12-10-16)22(15-7-5-4-6-8-15)21(25(31)28-35-3)24(30)26(23,27)32/h4-14,21-22,24,29-30,32H,1-3H3,(H,28,31)/t21-,22-,24+,26-,27?/m0/s1. The van der Waals surface area contributed by atoms with Crippen molar-refractivity contribution in [3.8, 4) is 23.0 Å². The molecule has 5 rings (SSSR count). The monoisotopic (exact) mass is 493 g/mol. The van der Waals surface area contributed by atoms with E-state index in [1.54, 1.807) is 36.4 Å². The Hall–Kier alpha value is -3.79. The topological polar surface area (TPSA) is 127 Å². The number of rotatable bonds is 6. The molecule has 3 aromatic carbocycles. The number of hydroxylamine groups is 1. The Morgan fingerprint density at radius 2 is 1.69 bits per heavy atom. The van der Waals surface area contributed by atoms with Gasteiger partial charge in [-0.25, -0.2) is 5.48 Å². The lowest BCUT2D eigenvalue weighted by Gasteiger charge is -2.40. The van der Waals surface area contributed by atoms with E-state index in [0.29, 0.717) is 16.9 Å². The molecule has 1 aliphatic carbocycles. The number of aromatic hydroxyl groups is 1. The number of hydrogen-bond donors (Lipinski definition) is 4. The van der Waals surface area contributed by atoms with Crippen LogP contribution in [0.25, 0.3) is 0 Å². The molecule has 9 heteroatoms. The van der Waals surface area contributed by atoms with Crippen molar-refractivity contribution in [2.75, 3.05) is 21.3 Å². The fourth-order valence-electron chi connectivity index (χ4n) is 5.83. The molecule has 1 amide bonds. The Bertz CT molecular complexity index is 1280. The SMILES string of the molecule is CONC(=O)[C@@H]1[C@@H](O)[C@@]2(O)c3c(OC)cc(OC)cc3OC2(c2ccc(O)cc2)[C@H]1c1ccccc1. The van der Waals surface area contributed by atoms with E-state index < -0.39 is 35.0 Å². The van der Waals surface area contributed by atoms with Crippen LogP contribution in [0.2, 0.25) is 0 Å². The maximum absolute atomic E-state index is 13.4. The second kappa shape index (κ2) is 8.70. The molecule has 1 saturated carbocycles. The van der Waals surface area contributed by atoms with Crippen molar-refractivity contribution >= 4 is 5.91 Å². The molecule has 2 aliphatic rings. The van der Waals surface area contributed by atoms with Crippen LogP contribution in [0.4, 0.5) is 0 Å². The molecule has 0 spiro atoms. The molecule has 1 fully saturated rings. The number of fused-ring (bicyclic) bond motifs is 3. The summed E-state index contributed by atoms with van der Waals surface area (Å²) in [6, 6.07) is 18.4. The quantitative estimate of drug-likeness (QED) is 0.386. The van der Waals surface area contributed by atoms with Crippen molar-refractivity contribution in [1.82, 2.24) is 5.48 Å². The predicted octanol–water partition coefficient (Wildman–Crippen LogP) is 2.34. The number of aliphatic hydroxyl groups excluding tert-OH is 1. The van der Waals surface area contributed by atoms with Gasteiger partial charge in [0.2, 0.25) is 5.91 Å². The van der Waals surface area contributed by atoms with E-state index in [2.05, 4.69) is 5.48 Å². The van der Waals surface area contributed by atoms with Crippen LogP contribution in [0, 0.1) is 5.92 Å². The Morgan fingerprint density at radius 3 is 2.31 bits per heavy atom. The van der Waals surface area contributed by atoms with Crippen LogP contribution in [-0.4, -0.2) is 48.7 Å². The summed E-state index contributed by atoms with van der Waals surface area (Å²) < 4.78 is 17.7. The van der Waals surface area contributed by atoms with E-state index in [-0.39, 0.29) is 22.8 Å². The van der Waals surface area contributed by atoms with Crippen molar-refractivity contribution < 1.29 is 39.2 Å². The van der Waals surface area contributed by atoms with Gasteiger partial charge in [0.25, 0.3) is 0 Å². The van der Waals surface area contributed by atoms with Crippen molar-refractivity contribution in [1.29, 1.82) is 0 Å². The van der Waals surface area contributed by atoms with E-state index in [1.165, 1.54) is 33.5 Å². The van der Waals surface area contributed by atoms with Gasteiger partial charge < -0.3 is 29.5 Å².